The van der Waals surface area contributed by atoms with Gasteiger partial charge < -0.3 is 25.0 Å². The van der Waals surface area contributed by atoms with E-state index in [0.717, 1.165) is 18.4 Å². The maximum atomic E-state index is 12.2. The van der Waals surface area contributed by atoms with Crippen molar-refractivity contribution in [3.8, 4) is 0 Å². The molecule has 3 N–H and O–H groups in total. The van der Waals surface area contributed by atoms with Crippen LogP contribution in [0.3, 0.4) is 0 Å². The normalized spacial score (nSPS) is 36.7. The van der Waals surface area contributed by atoms with Gasteiger partial charge in [0, 0.05) is 12.8 Å². The highest BCUT2D eigenvalue weighted by molar-refractivity contribution is 5.87. The van der Waals surface area contributed by atoms with E-state index >= 15 is 0 Å². The van der Waals surface area contributed by atoms with Crippen LogP contribution >= 0.6 is 0 Å². The van der Waals surface area contributed by atoms with Gasteiger partial charge in [0.05, 0.1) is 30.0 Å². The zero-order valence-corrected chi connectivity index (χ0v) is 22.4. The topological polar surface area (TPSA) is 105 Å². The molecule has 35 heavy (non-hydrogen) atoms. The Morgan fingerprint density at radius 2 is 1.86 bits per heavy atom. The Hall–Kier alpha value is -1.80. The maximum absolute atomic E-state index is 12.2. The van der Waals surface area contributed by atoms with Crippen LogP contribution in [0.25, 0.3) is 0 Å². The highest BCUT2D eigenvalue weighted by atomic mass is 16.5. The molecule has 0 unspecified atom stereocenters. The average molecular weight is 492 g/mol. The molecule has 2 aliphatic heterocycles. The van der Waals surface area contributed by atoms with Gasteiger partial charge in [0.2, 0.25) is 5.91 Å². The molecular weight excluding hydrogens is 446 g/mol. The van der Waals surface area contributed by atoms with E-state index in [1.165, 1.54) is 6.92 Å². The van der Waals surface area contributed by atoms with E-state index in [2.05, 4.69) is 18.3 Å². The lowest BCUT2D eigenvalue weighted by Crippen LogP contribution is -2.55. The molecule has 0 spiro atoms. The number of hydrogen-bond donors (Lipinski definition) is 3. The molecule has 0 radical (unpaired) electrons. The van der Waals surface area contributed by atoms with Crippen LogP contribution in [0.1, 0.15) is 74.1 Å². The minimum Gasteiger partial charge on any atom is -0.387 e. The number of ketones is 1. The molecule has 2 saturated heterocycles. The van der Waals surface area contributed by atoms with Crippen LogP contribution in [-0.4, -0.2) is 64.1 Å². The Labute approximate surface area is 210 Å². The van der Waals surface area contributed by atoms with Gasteiger partial charge in [-0.05, 0) is 58.4 Å². The highest BCUT2D eigenvalue weighted by Gasteiger charge is 2.44. The van der Waals surface area contributed by atoms with Crippen LogP contribution in [0.4, 0.5) is 0 Å². The number of aliphatic hydroxyl groups is 2. The van der Waals surface area contributed by atoms with E-state index in [4.69, 9.17) is 9.47 Å². The summed E-state index contributed by atoms with van der Waals surface area (Å²) in [6.07, 6.45) is 9.01. The number of carbonyl (C=O) groups excluding carboxylic acids is 2. The summed E-state index contributed by atoms with van der Waals surface area (Å²) in [6, 6.07) is -0.0174. The van der Waals surface area contributed by atoms with Crippen molar-refractivity contribution >= 4 is 11.7 Å². The van der Waals surface area contributed by atoms with Crippen LogP contribution in [0.5, 0.6) is 0 Å². The number of aliphatic hydroxyl groups excluding tert-OH is 1. The first-order valence-electron chi connectivity index (χ1n) is 12.8. The van der Waals surface area contributed by atoms with Gasteiger partial charge in [-0.25, -0.2) is 0 Å². The number of rotatable bonds is 9. The fourth-order valence-corrected chi connectivity index (χ4v) is 4.71. The number of carbonyl (C=O) groups is 2. The first kappa shape index (κ1) is 29.4. The van der Waals surface area contributed by atoms with E-state index in [1.54, 1.807) is 19.1 Å². The number of nitrogens with one attached hydrogen (secondary N) is 1. The fraction of sp³-hybridized carbons (Fsp3) is 0.714. The van der Waals surface area contributed by atoms with Crippen LogP contribution in [0.2, 0.25) is 0 Å². The van der Waals surface area contributed by atoms with Crippen LogP contribution in [0, 0.1) is 11.8 Å². The molecule has 198 valence electrons. The van der Waals surface area contributed by atoms with Gasteiger partial charge in [0.1, 0.15) is 18.0 Å². The van der Waals surface area contributed by atoms with Crippen molar-refractivity contribution < 1.29 is 29.3 Å². The predicted octanol–water partition coefficient (Wildman–Crippen LogP) is 3.64. The zero-order valence-electron chi connectivity index (χ0n) is 22.4. The summed E-state index contributed by atoms with van der Waals surface area (Å²) in [5.74, 6) is 0.522. The zero-order chi connectivity index (χ0) is 26.3. The summed E-state index contributed by atoms with van der Waals surface area (Å²) in [4.78, 5) is 23.7. The van der Waals surface area contributed by atoms with Crippen molar-refractivity contribution in [3.63, 3.8) is 0 Å². The summed E-state index contributed by atoms with van der Waals surface area (Å²) in [5.41, 5.74) is -0.324. The summed E-state index contributed by atoms with van der Waals surface area (Å²) in [7, 11) is 0. The Kier molecular flexibility index (Phi) is 10.9. The third kappa shape index (κ3) is 9.30. The number of allylic oxidation sites excluding steroid dienone is 3. The molecule has 7 heteroatoms. The molecule has 2 aliphatic rings. The van der Waals surface area contributed by atoms with Crippen LogP contribution in [-0.2, 0) is 19.1 Å². The monoisotopic (exact) mass is 491 g/mol. The quantitative estimate of drug-likeness (QED) is 0.336. The first-order valence-corrected chi connectivity index (χ1v) is 12.8. The molecule has 0 bridgehead atoms. The van der Waals surface area contributed by atoms with Crippen molar-refractivity contribution in [2.45, 2.75) is 116 Å². The molecular formula is C28H45NO6. The third-order valence-corrected chi connectivity index (χ3v) is 6.85. The largest absolute Gasteiger partial charge is 0.387 e. The van der Waals surface area contributed by atoms with Crippen molar-refractivity contribution in [2.75, 3.05) is 0 Å². The van der Waals surface area contributed by atoms with Crippen molar-refractivity contribution in [1.82, 2.24) is 5.32 Å². The van der Waals surface area contributed by atoms with Crippen LogP contribution < -0.4 is 5.32 Å². The molecule has 0 saturated carbocycles. The number of Topliss-reactive ketones (excluding diaryl/α,β-unsaturated/α-hetero) is 1. The van der Waals surface area contributed by atoms with Gasteiger partial charge in [-0.1, -0.05) is 50.6 Å². The maximum Gasteiger partial charge on any atom is 0.243 e. The van der Waals surface area contributed by atoms with Crippen molar-refractivity contribution in [1.29, 1.82) is 0 Å². The lowest BCUT2D eigenvalue weighted by Gasteiger charge is -2.42. The Balaban J connectivity index is 1.93. The minimum atomic E-state index is -1.32. The minimum absolute atomic E-state index is 0.00865. The van der Waals surface area contributed by atoms with E-state index < -0.39 is 23.9 Å². The Morgan fingerprint density at radius 3 is 2.49 bits per heavy atom. The highest BCUT2D eigenvalue weighted by Crippen LogP contribution is 2.32. The molecule has 0 aromatic heterocycles. The second kappa shape index (κ2) is 12.9. The van der Waals surface area contributed by atoms with Crippen molar-refractivity contribution in [2.24, 2.45) is 11.8 Å². The van der Waals surface area contributed by atoms with Gasteiger partial charge >= 0.3 is 0 Å². The molecule has 7 nitrogen and oxygen atoms in total. The molecule has 0 aliphatic carbocycles. The second-order valence-corrected chi connectivity index (χ2v) is 11.0. The number of ether oxygens (including phenoxy) is 2. The predicted molar refractivity (Wildman–Crippen MR) is 137 cm³/mol. The standard InChI is InChI=1S/C28H45NO6/c1-17(2)8-13-26(31)29-23-14-19(4)24(34-21(23)6)11-9-18(3)10-12-25-27(32)28(7,33)16-22(35-25)15-20(5)30/h8-10,12-13,17,19,21-25,27,32-33H,11,14-16H2,1-7H3,(H,29,31)/b12-10+,13-8-,18-9+/t19-,21+,22+,23+,24-,25+,27+,28-/m0/s1. The second-order valence-electron chi connectivity index (χ2n) is 11.0. The molecule has 1 amide bonds. The van der Waals surface area contributed by atoms with Crippen molar-refractivity contribution in [3.05, 3.63) is 36.0 Å². The Morgan fingerprint density at radius 1 is 1.17 bits per heavy atom. The first-order chi connectivity index (χ1) is 16.3. The fourth-order valence-electron chi connectivity index (χ4n) is 4.71. The summed E-state index contributed by atoms with van der Waals surface area (Å²) >= 11 is 0. The molecule has 0 aromatic rings. The van der Waals surface area contributed by atoms with E-state index in [1.807, 2.05) is 39.8 Å². The smallest absolute Gasteiger partial charge is 0.243 e. The molecule has 8 atom stereocenters. The molecule has 0 aromatic carbocycles. The third-order valence-electron chi connectivity index (χ3n) is 6.85. The van der Waals surface area contributed by atoms with Crippen LogP contribution in [0.15, 0.2) is 36.0 Å². The molecule has 2 rings (SSSR count). The van der Waals surface area contributed by atoms with Gasteiger partial charge in [-0.2, -0.15) is 0 Å². The van der Waals surface area contributed by atoms with E-state index in [-0.39, 0.29) is 48.7 Å². The lowest BCUT2D eigenvalue weighted by molar-refractivity contribution is -0.196. The summed E-state index contributed by atoms with van der Waals surface area (Å²) in [5, 5.41) is 24.2. The molecule has 2 heterocycles. The van der Waals surface area contributed by atoms with Gasteiger partial charge in [0.25, 0.3) is 0 Å². The van der Waals surface area contributed by atoms with Gasteiger partial charge in [0.15, 0.2) is 0 Å². The van der Waals surface area contributed by atoms with Gasteiger partial charge in [-0.15, -0.1) is 0 Å². The number of hydrogen-bond acceptors (Lipinski definition) is 6. The van der Waals surface area contributed by atoms with E-state index in [0.29, 0.717) is 5.92 Å². The number of amides is 1. The summed E-state index contributed by atoms with van der Waals surface area (Å²) in [6.45, 7) is 13.3. The molecule has 2 fully saturated rings. The van der Waals surface area contributed by atoms with E-state index in [9.17, 15) is 19.8 Å². The SMILES string of the molecule is CC(=O)C[C@@H]1C[C@](C)(O)[C@H](O)[C@@H](/C=C/C(C)=C/C[C@@H]2O[C@H](C)[C@H](NC(=O)/C=C\C(C)C)C[C@@H]2C)O1. The summed E-state index contributed by atoms with van der Waals surface area (Å²) < 4.78 is 12.1. The lowest BCUT2D eigenvalue weighted by atomic mass is 9.84. The van der Waals surface area contributed by atoms with Gasteiger partial charge in [-0.3, -0.25) is 9.59 Å². The average Bonchev–Trinajstić information content (AvgIpc) is 2.74. The Bertz CT molecular complexity index is 814.